The molecule has 17 heavy (non-hydrogen) atoms. The van der Waals surface area contributed by atoms with Crippen molar-refractivity contribution in [1.82, 2.24) is 19.6 Å². The van der Waals surface area contributed by atoms with Gasteiger partial charge in [0.05, 0.1) is 6.54 Å². The van der Waals surface area contributed by atoms with Gasteiger partial charge in [0, 0.05) is 52.4 Å². The Hall–Kier alpha value is -0.690. The zero-order valence-corrected chi connectivity index (χ0v) is 10.1. The van der Waals surface area contributed by atoms with Crippen molar-refractivity contribution in [2.45, 2.75) is 6.29 Å². The van der Waals surface area contributed by atoms with Crippen LogP contribution in [0.25, 0.3) is 0 Å². The molecule has 0 bridgehead atoms. The molecule has 3 aliphatic heterocycles. The minimum atomic E-state index is -0.716. The molecule has 3 aliphatic rings. The molecule has 0 aromatic rings. The van der Waals surface area contributed by atoms with E-state index in [1.54, 1.807) is 0 Å². The van der Waals surface area contributed by atoms with Crippen LogP contribution >= 0.6 is 0 Å². The lowest BCUT2D eigenvalue weighted by Crippen LogP contribution is -2.53. The average Bonchev–Trinajstić information content (AvgIpc) is 2.80. The normalized spacial score (nSPS) is 29.2. The number of hydrogen-bond donors (Lipinski definition) is 1. The van der Waals surface area contributed by atoms with Gasteiger partial charge in [0.15, 0.2) is 0 Å². The molecule has 3 saturated heterocycles. The van der Waals surface area contributed by atoms with Crippen molar-refractivity contribution in [2.75, 3.05) is 58.9 Å². The fraction of sp³-hybridized carbons (Fsp3) is 0.909. The van der Waals surface area contributed by atoms with Crippen LogP contribution < -0.4 is 0 Å². The van der Waals surface area contributed by atoms with Crippen LogP contribution in [0.5, 0.6) is 0 Å². The average molecular weight is 240 g/mol. The van der Waals surface area contributed by atoms with Crippen LogP contribution in [0.4, 0.5) is 0 Å². The summed E-state index contributed by atoms with van der Waals surface area (Å²) in [6, 6.07) is 0. The van der Waals surface area contributed by atoms with E-state index in [2.05, 4.69) is 19.6 Å². The number of aliphatic carboxylic acids is 1. The highest BCUT2D eigenvalue weighted by molar-refractivity contribution is 5.69. The third-order valence-corrected chi connectivity index (χ3v) is 4.09. The molecule has 0 saturated carbocycles. The predicted octanol–water partition coefficient (Wildman–Crippen LogP) is -1.40. The second-order valence-electron chi connectivity index (χ2n) is 5.12. The Bertz CT molecular complexity index is 292. The van der Waals surface area contributed by atoms with E-state index < -0.39 is 5.97 Å². The topological polar surface area (TPSA) is 50.3 Å². The molecular weight excluding hydrogens is 220 g/mol. The van der Waals surface area contributed by atoms with Gasteiger partial charge in [0.1, 0.15) is 6.29 Å². The van der Waals surface area contributed by atoms with Gasteiger partial charge >= 0.3 is 5.97 Å². The molecule has 3 heterocycles. The monoisotopic (exact) mass is 240 g/mol. The molecule has 0 atom stereocenters. The summed E-state index contributed by atoms with van der Waals surface area (Å²) in [5, 5.41) is 8.87. The minimum absolute atomic E-state index is 0.177. The second-order valence-corrected chi connectivity index (χ2v) is 5.12. The van der Waals surface area contributed by atoms with Crippen LogP contribution in [-0.2, 0) is 4.79 Å². The van der Waals surface area contributed by atoms with E-state index in [1.807, 2.05) is 0 Å². The van der Waals surface area contributed by atoms with Gasteiger partial charge in [-0.15, -0.1) is 0 Å². The molecule has 6 nitrogen and oxygen atoms in total. The SMILES string of the molecule is O=C(O)CN1CCN2CCN3CCN(CC1)C23. The summed E-state index contributed by atoms with van der Waals surface area (Å²) in [5.74, 6) is -0.716. The van der Waals surface area contributed by atoms with Crippen molar-refractivity contribution in [3.63, 3.8) is 0 Å². The molecule has 1 N–H and O–H groups in total. The Morgan fingerprint density at radius 1 is 0.882 bits per heavy atom. The Balaban J connectivity index is 1.66. The molecule has 3 rings (SSSR count). The minimum Gasteiger partial charge on any atom is -0.480 e. The van der Waals surface area contributed by atoms with Gasteiger partial charge in [-0.3, -0.25) is 24.4 Å². The molecule has 0 aliphatic carbocycles. The summed E-state index contributed by atoms with van der Waals surface area (Å²) in [6.45, 7) is 8.51. The molecule has 3 fully saturated rings. The molecule has 6 heteroatoms. The number of carbonyl (C=O) groups is 1. The van der Waals surface area contributed by atoms with E-state index >= 15 is 0 Å². The second kappa shape index (κ2) is 4.53. The van der Waals surface area contributed by atoms with Gasteiger partial charge in [-0.25, -0.2) is 0 Å². The molecule has 0 radical (unpaired) electrons. The van der Waals surface area contributed by atoms with Gasteiger partial charge in [0.2, 0.25) is 0 Å². The van der Waals surface area contributed by atoms with Crippen molar-refractivity contribution in [1.29, 1.82) is 0 Å². The van der Waals surface area contributed by atoms with Gasteiger partial charge in [0.25, 0.3) is 0 Å². The zero-order valence-electron chi connectivity index (χ0n) is 10.1. The van der Waals surface area contributed by atoms with Crippen molar-refractivity contribution < 1.29 is 9.90 Å². The van der Waals surface area contributed by atoms with Gasteiger partial charge < -0.3 is 5.11 Å². The fourth-order valence-electron chi connectivity index (χ4n) is 3.24. The largest absolute Gasteiger partial charge is 0.480 e. The highest BCUT2D eigenvalue weighted by atomic mass is 16.4. The van der Waals surface area contributed by atoms with Crippen LogP contribution in [0.2, 0.25) is 0 Å². The summed E-state index contributed by atoms with van der Waals surface area (Å²) in [4.78, 5) is 20.3. The predicted molar refractivity (Wildman–Crippen MR) is 62.6 cm³/mol. The van der Waals surface area contributed by atoms with Gasteiger partial charge in [-0.2, -0.15) is 0 Å². The Labute approximate surface area is 101 Å². The molecule has 0 amide bonds. The molecule has 0 aromatic carbocycles. The third-order valence-electron chi connectivity index (χ3n) is 4.09. The summed E-state index contributed by atoms with van der Waals surface area (Å²) in [6.07, 6.45) is 0.502. The highest BCUT2D eigenvalue weighted by Gasteiger charge is 2.41. The molecular formula is C11H20N4O2. The number of nitrogens with zero attached hydrogens (tertiary/aromatic N) is 4. The van der Waals surface area contributed by atoms with E-state index in [0.29, 0.717) is 6.29 Å². The van der Waals surface area contributed by atoms with Crippen molar-refractivity contribution in [2.24, 2.45) is 0 Å². The maximum absolute atomic E-state index is 10.8. The molecule has 0 aromatic heterocycles. The van der Waals surface area contributed by atoms with Crippen LogP contribution in [-0.4, -0.2) is 95.9 Å². The van der Waals surface area contributed by atoms with E-state index in [9.17, 15) is 4.79 Å². The van der Waals surface area contributed by atoms with Crippen LogP contribution in [0.3, 0.4) is 0 Å². The van der Waals surface area contributed by atoms with Gasteiger partial charge in [-0.05, 0) is 0 Å². The Morgan fingerprint density at radius 3 is 1.71 bits per heavy atom. The molecule has 96 valence electrons. The smallest absolute Gasteiger partial charge is 0.317 e. The van der Waals surface area contributed by atoms with Crippen molar-refractivity contribution >= 4 is 5.97 Å². The first-order chi connectivity index (χ1) is 8.24. The zero-order chi connectivity index (χ0) is 11.8. The summed E-state index contributed by atoms with van der Waals surface area (Å²) in [7, 11) is 0. The lowest BCUT2D eigenvalue weighted by Gasteiger charge is -2.37. The number of rotatable bonds is 2. The quantitative estimate of drug-likeness (QED) is 0.641. The van der Waals surface area contributed by atoms with Gasteiger partial charge in [-0.1, -0.05) is 0 Å². The summed E-state index contributed by atoms with van der Waals surface area (Å²) < 4.78 is 0. The molecule has 0 unspecified atom stereocenters. The standard InChI is InChI=1S/C11H20N4O2/c16-10(17)9-12-1-3-13-5-7-15-8-6-14(4-2-12)11(13)15/h11H,1-9H2,(H,16,17). The van der Waals surface area contributed by atoms with E-state index in [1.165, 1.54) is 13.1 Å². The first-order valence-corrected chi connectivity index (χ1v) is 6.40. The van der Waals surface area contributed by atoms with Crippen molar-refractivity contribution in [3.05, 3.63) is 0 Å². The van der Waals surface area contributed by atoms with Crippen LogP contribution in [0.1, 0.15) is 0 Å². The number of carboxylic acid groups (broad SMARTS) is 1. The summed E-state index contributed by atoms with van der Waals surface area (Å²) >= 11 is 0. The Morgan fingerprint density at radius 2 is 1.29 bits per heavy atom. The van der Waals surface area contributed by atoms with Crippen LogP contribution in [0.15, 0.2) is 0 Å². The van der Waals surface area contributed by atoms with Crippen LogP contribution in [0, 0.1) is 0 Å². The fourth-order valence-corrected chi connectivity index (χ4v) is 3.24. The maximum Gasteiger partial charge on any atom is 0.317 e. The lowest BCUT2D eigenvalue weighted by molar-refractivity contribution is -0.138. The number of carboxylic acids is 1. The lowest BCUT2D eigenvalue weighted by atomic mass is 10.3. The summed E-state index contributed by atoms with van der Waals surface area (Å²) in [5.41, 5.74) is 0. The van der Waals surface area contributed by atoms with E-state index in [-0.39, 0.29) is 6.54 Å². The first-order valence-electron chi connectivity index (χ1n) is 6.40. The first kappa shape index (κ1) is 11.4. The Kier molecular flexibility index (Phi) is 3.04. The third kappa shape index (κ3) is 2.18. The van der Waals surface area contributed by atoms with E-state index in [0.717, 1.165) is 39.3 Å². The highest BCUT2D eigenvalue weighted by Crippen LogP contribution is 2.24. The van der Waals surface area contributed by atoms with E-state index in [4.69, 9.17) is 5.11 Å². The number of hydrogen-bond acceptors (Lipinski definition) is 5. The van der Waals surface area contributed by atoms with Crippen molar-refractivity contribution in [3.8, 4) is 0 Å². The maximum atomic E-state index is 10.8. The molecule has 0 spiro atoms.